The van der Waals surface area contributed by atoms with Crippen LogP contribution in [0.25, 0.3) is 0 Å². The van der Waals surface area contributed by atoms with Crippen molar-refractivity contribution in [1.29, 1.82) is 0 Å². The summed E-state index contributed by atoms with van der Waals surface area (Å²) in [5.74, 6) is 0.995. The minimum atomic E-state index is 0.995. The van der Waals surface area contributed by atoms with Crippen molar-refractivity contribution in [1.82, 2.24) is 9.66 Å². The van der Waals surface area contributed by atoms with Crippen LogP contribution in [0.15, 0.2) is 6.20 Å². The maximum atomic E-state index is 4.18. The van der Waals surface area contributed by atoms with Gasteiger partial charge in [-0.2, -0.15) is 0 Å². The van der Waals surface area contributed by atoms with Gasteiger partial charge >= 0.3 is 0 Å². The van der Waals surface area contributed by atoms with E-state index in [1.807, 2.05) is 31.8 Å². The molecule has 0 saturated heterocycles. The first-order valence-electron chi connectivity index (χ1n) is 2.94. The predicted molar refractivity (Wildman–Crippen MR) is 37.0 cm³/mol. The van der Waals surface area contributed by atoms with Crippen molar-refractivity contribution in [3.05, 3.63) is 17.7 Å². The molecular formula is C6H11N3. The molecule has 0 spiro atoms. The van der Waals surface area contributed by atoms with E-state index >= 15 is 0 Å². The summed E-state index contributed by atoms with van der Waals surface area (Å²) in [7, 11) is 1.87. The van der Waals surface area contributed by atoms with E-state index in [1.54, 1.807) is 0 Å². The molecule has 0 amide bonds. The van der Waals surface area contributed by atoms with Crippen LogP contribution in [0, 0.1) is 13.8 Å². The summed E-state index contributed by atoms with van der Waals surface area (Å²) < 4.78 is 1.88. The lowest BCUT2D eigenvalue weighted by molar-refractivity contribution is 0.869. The Morgan fingerprint density at radius 1 is 1.56 bits per heavy atom. The Morgan fingerprint density at radius 2 is 2.22 bits per heavy atom. The van der Waals surface area contributed by atoms with Gasteiger partial charge in [0.05, 0.1) is 5.69 Å². The summed E-state index contributed by atoms with van der Waals surface area (Å²) in [4.78, 5) is 4.18. The van der Waals surface area contributed by atoms with E-state index < -0.39 is 0 Å². The molecule has 0 atom stereocenters. The first-order valence-corrected chi connectivity index (χ1v) is 2.94. The molecule has 0 aliphatic rings. The van der Waals surface area contributed by atoms with E-state index in [2.05, 4.69) is 10.4 Å². The molecular weight excluding hydrogens is 114 g/mol. The molecule has 0 fully saturated rings. The summed E-state index contributed by atoms with van der Waals surface area (Å²) in [5, 5.41) is 0. The maximum Gasteiger partial charge on any atom is 0.124 e. The summed E-state index contributed by atoms with van der Waals surface area (Å²) in [6.07, 6.45) is 1.95. The highest BCUT2D eigenvalue weighted by Gasteiger charge is 1.94. The molecule has 3 heteroatoms. The predicted octanol–water partition coefficient (Wildman–Crippen LogP) is 0.673. The zero-order chi connectivity index (χ0) is 6.85. The Morgan fingerprint density at radius 3 is 2.44 bits per heavy atom. The third-order valence-corrected chi connectivity index (χ3v) is 1.24. The van der Waals surface area contributed by atoms with Crippen LogP contribution in [0.1, 0.15) is 11.5 Å². The van der Waals surface area contributed by atoms with Gasteiger partial charge in [-0.05, 0) is 13.8 Å². The monoisotopic (exact) mass is 125 g/mol. The molecule has 0 saturated carbocycles. The summed E-state index contributed by atoms with van der Waals surface area (Å²) in [5.41, 5.74) is 4.01. The standard InChI is InChI=1S/C6H11N3/c1-5-4-9(7-3)6(2)8-5/h4,7H,1-3H3. The molecule has 50 valence electrons. The minimum Gasteiger partial charge on any atom is -0.328 e. The Bertz CT molecular complexity index is 202. The fourth-order valence-corrected chi connectivity index (χ4v) is 0.845. The number of nitrogens with zero attached hydrogens (tertiary/aromatic N) is 2. The van der Waals surface area contributed by atoms with Crippen molar-refractivity contribution in [2.45, 2.75) is 13.8 Å². The second kappa shape index (κ2) is 2.09. The molecule has 1 N–H and O–H groups in total. The largest absolute Gasteiger partial charge is 0.328 e. The first kappa shape index (κ1) is 6.13. The van der Waals surface area contributed by atoms with E-state index in [4.69, 9.17) is 0 Å². The van der Waals surface area contributed by atoms with Gasteiger partial charge in [0.15, 0.2) is 0 Å². The average Bonchev–Trinajstić information content (AvgIpc) is 2.10. The molecule has 1 heterocycles. The lowest BCUT2D eigenvalue weighted by Crippen LogP contribution is -2.08. The molecule has 1 aromatic rings. The molecule has 1 aromatic heterocycles. The van der Waals surface area contributed by atoms with Gasteiger partial charge in [-0.1, -0.05) is 0 Å². The lowest BCUT2D eigenvalue weighted by Gasteiger charge is -1.99. The molecule has 0 aromatic carbocycles. The second-order valence-corrected chi connectivity index (χ2v) is 2.02. The molecule has 9 heavy (non-hydrogen) atoms. The number of hydrogen-bond acceptors (Lipinski definition) is 2. The van der Waals surface area contributed by atoms with Gasteiger partial charge < -0.3 is 5.43 Å². The van der Waals surface area contributed by atoms with Crippen LogP contribution in [0.3, 0.4) is 0 Å². The second-order valence-electron chi connectivity index (χ2n) is 2.02. The molecule has 1 rings (SSSR count). The zero-order valence-electron chi connectivity index (χ0n) is 5.97. The molecule has 0 aliphatic heterocycles. The molecule has 3 nitrogen and oxygen atoms in total. The van der Waals surface area contributed by atoms with Crippen LogP contribution < -0.4 is 5.43 Å². The highest BCUT2D eigenvalue weighted by molar-refractivity contribution is 5.01. The Labute approximate surface area is 54.7 Å². The number of nitrogens with one attached hydrogen (secondary N) is 1. The third kappa shape index (κ3) is 1.04. The highest BCUT2D eigenvalue weighted by atomic mass is 15.4. The molecule has 0 aliphatic carbocycles. The van der Waals surface area contributed by atoms with E-state index in [1.165, 1.54) is 0 Å². The van der Waals surface area contributed by atoms with E-state index in [0.717, 1.165) is 11.5 Å². The lowest BCUT2D eigenvalue weighted by atomic mass is 10.6. The average molecular weight is 125 g/mol. The highest BCUT2D eigenvalue weighted by Crippen LogP contribution is 1.95. The normalized spacial score (nSPS) is 9.67. The summed E-state index contributed by atoms with van der Waals surface area (Å²) in [6.45, 7) is 3.93. The number of aromatic nitrogens is 2. The van der Waals surface area contributed by atoms with E-state index in [0.29, 0.717) is 0 Å². The Kier molecular flexibility index (Phi) is 1.42. The van der Waals surface area contributed by atoms with Crippen LogP contribution in [0.5, 0.6) is 0 Å². The van der Waals surface area contributed by atoms with Crippen molar-refractivity contribution in [3.8, 4) is 0 Å². The SMILES string of the molecule is CNn1cc(C)nc1C. The fraction of sp³-hybridized carbons (Fsp3) is 0.500. The summed E-state index contributed by atoms with van der Waals surface area (Å²) >= 11 is 0. The van der Waals surface area contributed by atoms with Crippen LogP contribution in [0.4, 0.5) is 0 Å². The maximum absolute atomic E-state index is 4.18. The van der Waals surface area contributed by atoms with Gasteiger partial charge in [0.1, 0.15) is 5.82 Å². The minimum absolute atomic E-state index is 0.995. The van der Waals surface area contributed by atoms with Gasteiger partial charge in [-0.25, -0.2) is 4.98 Å². The van der Waals surface area contributed by atoms with Crippen LogP contribution >= 0.6 is 0 Å². The smallest absolute Gasteiger partial charge is 0.124 e. The summed E-state index contributed by atoms with van der Waals surface area (Å²) in [6, 6.07) is 0. The van der Waals surface area contributed by atoms with Crippen LogP contribution in [-0.2, 0) is 0 Å². The van der Waals surface area contributed by atoms with Crippen molar-refractivity contribution in [2.24, 2.45) is 0 Å². The van der Waals surface area contributed by atoms with Crippen molar-refractivity contribution in [2.75, 3.05) is 12.5 Å². The van der Waals surface area contributed by atoms with Gasteiger partial charge in [-0.3, -0.25) is 4.68 Å². The van der Waals surface area contributed by atoms with Gasteiger partial charge in [-0.15, -0.1) is 0 Å². The fourth-order valence-electron chi connectivity index (χ4n) is 0.845. The van der Waals surface area contributed by atoms with Crippen molar-refractivity contribution >= 4 is 0 Å². The van der Waals surface area contributed by atoms with E-state index in [9.17, 15) is 0 Å². The third-order valence-electron chi connectivity index (χ3n) is 1.24. The first-order chi connectivity index (χ1) is 4.24. The molecule has 0 radical (unpaired) electrons. The molecule has 0 bridgehead atoms. The Hall–Kier alpha value is -0.990. The van der Waals surface area contributed by atoms with Gasteiger partial charge in [0.2, 0.25) is 0 Å². The van der Waals surface area contributed by atoms with Gasteiger partial charge in [0.25, 0.3) is 0 Å². The number of rotatable bonds is 1. The number of hydrogen-bond donors (Lipinski definition) is 1. The van der Waals surface area contributed by atoms with Crippen LogP contribution in [0.2, 0.25) is 0 Å². The number of imidazole rings is 1. The van der Waals surface area contributed by atoms with Crippen molar-refractivity contribution in [3.63, 3.8) is 0 Å². The van der Waals surface area contributed by atoms with Gasteiger partial charge in [0, 0.05) is 13.2 Å². The topological polar surface area (TPSA) is 29.9 Å². The van der Waals surface area contributed by atoms with Crippen molar-refractivity contribution < 1.29 is 0 Å². The number of aryl methyl sites for hydroxylation is 2. The van der Waals surface area contributed by atoms with Crippen LogP contribution in [-0.4, -0.2) is 16.7 Å². The zero-order valence-corrected chi connectivity index (χ0v) is 5.97. The molecule has 0 unspecified atom stereocenters. The Balaban J connectivity index is 3.01. The quantitative estimate of drug-likeness (QED) is 0.598. The van der Waals surface area contributed by atoms with E-state index in [-0.39, 0.29) is 0 Å².